The van der Waals surface area contributed by atoms with Gasteiger partial charge in [-0.2, -0.15) is 0 Å². The number of pyridine rings is 1. The highest BCUT2D eigenvalue weighted by atomic mass is 32.1. The van der Waals surface area contributed by atoms with Crippen molar-refractivity contribution in [3.63, 3.8) is 0 Å². The van der Waals surface area contributed by atoms with Crippen molar-refractivity contribution < 1.29 is 4.79 Å². The number of fused-ring (bicyclic) bond motifs is 1. The van der Waals surface area contributed by atoms with Crippen LogP contribution in [0.25, 0.3) is 10.9 Å². The number of thiocarbonyl (C=S) groups is 1. The molecule has 1 aromatic carbocycles. The van der Waals surface area contributed by atoms with Gasteiger partial charge in [-0.05, 0) is 18.6 Å². The molecule has 0 spiro atoms. The molecule has 0 radical (unpaired) electrons. The Kier molecular flexibility index (Phi) is 4.63. The standard InChI is InChI=1S/C15H17N3OS/c1-2-11(9-13(16)20)18-15(19)12-7-3-5-10-6-4-8-17-14(10)12/h3-8,11H,2,9H2,1H3,(H2,16,20)(H,18,19). The zero-order chi connectivity index (χ0) is 14.5. The highest BCUT2D eigenvalue weighted by molar-refractivity contribution is 7.80. The second kappa shape index (κ2) is 6.43. The number of nitrogens with two attached hydrogens (primary N) is 1. The number of hydrogen-bond acceptors (Lipinski definition) is 3. The van der Waals surface area contributed by atoms with E-state index in [1.54, 1.807) is 12.3 Å². The maximum atomic E-state index is 12.4. The average molecular weight is 287 g/mol. The van der Waals surface area contributed by atoms with Crippen molar-refractivity contribution in [3.05, 3.63) is 42.1 Å². The van der Waals surface area contributed by atoms with Gasteiger partial charge in [0.2, 0.25) is 0 Å². The first kappa shape index (κ1) is 14.4. The summed E-state index contributed by atoms with van der Waals surface area (Å²) in [6, 6.07) is 9.31. The smallest absolute Gasteiger partial charge is 0.253 e. The molecular weight excluding hydrogens is 270 g/mol. The minimum absolute atomic E-state index is 0.0426. The molecule has 104 valence electrons. The first-order valence-electron chi connectivity index (χ1n) is 6.54. The summed E-state index contributed by atoms with van der Waals surface area (Å²) >= 11 is 4.90. The third kappa shape index (κ3) is 3.30. The highest BCUT2D eigenvalue weighted by Crippen LogP contribution is 2.16. The van der Waals surface area contributed by atoms with Crippen LogP contribution in [0.4, 0.5) is 0 Å². The number of carbonyl (C=O) groups excluding carboxylic acids is 1. The maximum Gasteiger partial charge on any atom is 0.253 e. The van der Waals surface area contributed by atoms with Gasteiger partial charge in [-0.25, -0.2) is 0 Å². The number of aromatic nitrogens is 1. The molecule has 0 aliphatic rings. The molecule has 5 heteroatoms. The van der Waals surface area contributed by atoms with Gasteiger partial charge >= 0.3 is 0 Å². The molecular formula is C15H17N3OS. The molecule has 3 N–H and O–H groups in total. The molecule has 1 aromatic heterocycles. The van der Waals surface area contributed by atoms with Crippen LogP contribution in [-0.4, -0.2) is 21.9 Å². The fraction of sp³-hybridized carbons (Fsp3) is 0.267. The molecule has 1 amide bonds. The minimum Gasteiger partial charge on any atom is -0.393 e. The van der Waals surface area contributed by atoms with Crippen LogP contribution in [-0.2, 0) is 0 Å². The lowest BCUT2D eigenvalue weighted by Crippen LogP contribution is -2.37. The molecule has 1 unspecified atom stereocenters. The Morgan fingerprint density at radius 3 is 2.85 bits per heavy atom. The van der Waals surface area contributed by atoms with Crippen LogP contribution in [0.1, 0.15) is 30.1 Å². The van der Waals surface area contributed by atoms with Crippen molar-refractivity contribution >= 4 is 34.0 Å². The molecule has 1 heterocycles. The van der Waals surface area contributed by atoms with Crippen molar-refractivity contribution in [2.75, 3.05) is 0 Å². The predicted molar refractivity (Wildman–Crippen MR) is 84.7 cm³/mol. The molecule has 0 aliphatic carbocycles. The number of nitrogens with zero attached hydrogens (tertiary/aromatic N) is 1. The van der Waals surface area contributed by atoms with Crippen molar-refractivity contribution in [1.82, 2.24) is 10.3 Å². The van der Waals surface area contributed by atoms with E-state index < -0.39 is 0 Å². The fourth-order valence-electron chi connectivity index (χ4n) is 2.09. The van der Waals surface area contributed by atoms with E-state index in [1.165, 1.54) is 0 Å². The van der Waals surface area contributed by atoms with Gasteiger partial charge in [-0.3, -0.25) is 9.78 Å². The van der Waals surface area contributed by atoms with E-state index in [-0.39, 0.29) is 11.9 Å². The van der Waals surface area contributed by atoms with Crippen molar-refractivity contribution in [3.8, 4) is 0 Å². The normalized spacial score (nSPS) is 12.1. The number of hydrogen-bond donors (Lipinski definition) is 2. The van der Waals surface area contributed by atoms with Gasteiger partial charge in [-0.15, -0.1) is 0 Å². The largest absolute Gasteiger partial charge is 0.393 e. The lowest BCUT2D eigenvalue weighted by molar-refractivity contribution is 0.0938. The van der Waals surface area contributed by atoms with E-state index in [1.807, 2.05) is 31.2 Å². The summed E-state index contributed by atoms with van der Waals surface area (Å²) in [6.45, 7) is 1.99. The summed E-state index contributed by atoms with van der Waals surface area (Å²) in [6.07, 6.45) is 2.97. The maximum absolute atomic E-state index is 12.4. The van der Waals surface area contributed by atoms with Crippen LogP contribution < -0.4 is 11.1 Å². The zero-order valence-corrected chi connectivity index (χ0v) is 12.1. The summed E-state index contributed by atoms with van der Waals surface area (Å²) in [7, 11) is 0. The first-order chi connectivity index (χ1) is 9.61. The molecule has 1 atom stereocenters. The van der Waals surface area contributed by atoms with Crippen LogP contribution in [0.3, 0.4) is 0 Å². The van der Waals surface area contributed by atoms with E-state index in [9.17, 15) is 4.79 Å². The van der Waals surface area contributed by atoms with E-state index in [0.717, 1.165) is 11.8 Å². The quantitative estimate of drug-likeness (QED) is 0.829. The predicted octanol–water partition coefficient (Wildman–Crippen LogP) is 2.42. The summed E-state index contributed by atoms with van der Waals surface area (Å²) in [5.74, 6) is -0.141. The van der Waals surface area contributed by atoms with Gasteiger partial charge in [0.05, 0.1) is 16.1 Å². The monoisotopic (exact) mass is 287 g/mol. The average Bonchev–Trinajstić information content (AvgIpc) is 2.45. The minimum atomic E-state index is -0.141. The van der Waals surface area contributed by atoms with Gasteiger partial charge in [-0.1, -0.05) is 37.3 Å². The van der Waals surface area contributed by atoms with E-state index in [0.29, 0.717) is 22.5 Å². The van der Waals surface area contributed by atoms with Crippen LogP contribution in [0, 0.1) is 0 Å². The topological polar surface area (TPSA) is 68.0 Å². The molecule has 4 nitrogen and oxygen atoms in total. The van der Waals surface area contributed by atoms with Gasteiger partial charge in [0, 0.05) is 24.0 Å². The van der Waals surface area contributed by atoms with Gasteiger partial charge in [0.15, 0.2) is 0 Å². The van der Waals surface area contributed by atoms with Gasteiger partial charge in [0.25, 0.3) is 5.91 Å². The molecule has 20 heavy (non-hydrogen) atoms. The Morgan fingerprint density at radius 1 is 1.40 bits per heavy atom. The summed E-state index contributed by atoms with van der Waals surface area (Å²) in [5.41, 5.74) is 6.82. The lowest BCUT2D eigenvalue weighted by Gasteiger charge is -2.16. The van der Waals surface area contributed by atoms with E-state index in [2.05, 4.69) is 10.3 Å². The summed E-state index contributed by atoms with van der Waals surface area (Å²) < 4.78 is 0. The molecule has 2 aromatic rings. The highest BCUT2D eigenvalue weighted by Gasteiger charge is 2.15. The van der Waals surface area contributed by atoms with Gasteiger partial charge < -0.3 is 11.1 Å². The SMILES string of the molecule is CCC(CC(N)=S)NC(=O)c1cccc2cccnc12. The molecule has 2 rings (SSSR count). The van der Waals surface area contributed by atoms with E-state index >= 15 is 0 Å². The van der Waals surface area contributed by atoms with Crippen molar-refractivity contribution in [2.24, 2.45) is 5.73 Å². The number of rotatable bonds is 5. The fourth-order valence-corrected chi connectivity index (χ4v) is 2.29. The number of nitrogens with one attached hydrogen (secondary N) is 1. The van der Waals surface area contributed by atoms with Gasteiger partial charge in [0.1, 0.15) is 0 Å². The number of benzene rings is 1. The molecule has 0 aliphatic heterocycles. The zero-order valence-electron chi connectivity index (χ0n) is 11.3. The Morgan fingerprint density at radius 2 is 2.15 bits per heavy atom. The molecule has 0 saturated carbocycles. The van der Waals surface area contributed by atoms with Crippen LogP contribution >= 0.6 is 12.2 Å². The summed E-state index contributed by atoms with van der Waals surface area (Å²) in [5, 5.41) is 3.91. The molecule has 0 bridgehead atoms. The van der Waals surface area contributed by atoms with Crippen molar-refractivity contribution in [1.29, 1.82) is 0 Å². The Bertz CT molecular complexity index is 637. The van der Waals surface area contributed by atoms with Crippen LogP contribution in [0.2, 0.25) is 0 Å². The van der Waals surface area contributed by atoms with E-state index in [4.69, 9.17) is 18.0 Å². The first-order valence-corrected chi connectivity index (χ1v) is 6.95. The van der Waals surface area contributed by atoms with Crippen LogP contribution in [0.5, 0.6) is 0 Å². The Labute approximate surface area is 123 Å². The van der Waals surface area contributed by atoms with Crippen LogP contribution in [0.15, 0.2) is 36.5 Å². The molecule has 0 fully saturated rings. The lowest BCUT2D eigenvalue weighted by atomic mass is 10.1. The Balaban J connectivity index is 2.25. The number of para-hydroxylation sites is 1. The van der Waals surface area contributed by atoms with Crippen molar-refractivity contribution in [2.45, 2.75) is 25.8 Å². The second-order valence-electron chi connectivity index (χ2n) is 4.63. The molecule has 0 saturated heterocycles. The Hall–Kier alpha value is -2.01. The third-order valence-corrected chi connectivity index (χ3v) is 3.32. The summed E-state index contributed by atoms with van der Waals surface area (Å²) in [4.78, 5) is 17.1. The third-order valence-electron chi connectivity index (χ3n) is 3.15. The second-order valence-corrected chi connectivity index (χ2v) is 5.15. The number of amides is 1. The number of carbonyl (C=O) groups is 1.